The van der Waals surface area contributed by atoms with Crippen molar-refractivity contribution < 1.29 is 15.0 Å². The van der Waals surface area contributed by atoms with E-state index in [-0.39, 0.29) is 12.5 Å². The molecule has 4 rings (SSSR count). The van der Waals surface area contributed by atoms with Crippen LogP contribution in [-0.4, -0.2) is 22.3 Å². The molecule has 0 aromatic heterocycles. The van der Waals surface area contributed by atoms with Gasteiger partial charge in [0.25, 0.3) is 0 Å². The molecule has 0 aromatic carbocycles. The molecular weight excluding hydrogens is 348 g/mol. The van der Waals surface area contributed by atoms with E-state index in [0.29, 0.717) is 22.7 Å². The van der Waals surface area contributed by atoms with E-state index in [9.17, 15) is 9.90 Å². The Morgan fingerprint density at radius 2 is 1.79 bits per heavy atom. The van der Waals surface area contributed by atoms with Gasteiger partial charge < -0.3 is 10.2 Å². The van der Waals surface area contributed by atoms with Crippen molar-refractivity contribution in [3.05, 3.63) is 12.7 Å². The first-order chi connectivity index (χ1) is 13.3. The largest absolute Gasteiger partial charge is 0.481 e. The van der Waals surface area contributed by atoms with E-state index in [0.717, 1.165) is 42.9 Å². The van der Waals surface area contributed by atoms with Crippen molar-refractivity contribution >= 4 is 5.97 Å². The zero-order valence-electron chi connectivity index (χ0n) is 17.9. The van der Waals surface area contributed by atoms with E-state index in [1.165, 1.54) is 44.9 Å². The van der Waals surface area contributed by atoms with Crippen molar-refractivity contribution in [2.24, 2.45) is 46.3 Å². The number of rotatable bonds is 5. The highest BCUT2D eigenvalue weighted by molar-refractivity contribution is 5.66. The molecule has 0 spiro atoms. The Morgan fingerprint density at radius 1 is 1.07 bits per heavy atom. The van der Waals surface area contributed by atoms with Crippen LogP contribution >= 0.6 is 0 Å². The molecular formula is C25H40O3. The maximum absolute atomic E-state index is 11.1. The van der Waals surface area contributed by atoms with Gasteiger partial charge in [0.1, 0.15) is 0 Å². The first kappa shape index (κ1) is 20.4. The lowest BCUT2D eigenvalue weighted by Crippen LogP contribution is -2.54. The molecule has 0 radical (unpaired) electrons. The Hall–Kier alpha value is -0.830. The number of hydrogen-bond donors (Lipinski definition) is 2. The number of aliphatic hydroxyl groups excluding tert-OH is 1. The van der Waals surface area contributed by atoms with Gasteiger partial charge in [-0.3, -0.25) is 4.79 Å². The average Bonchev–Trinajstić information content (AvgIpc) is 3.00. The van der Waals surface area contributed by atoms with Crippen LogP contribution in [0, 0.1) is 46.3 Å². The predicted molar refractivity (Wildman–Crippen MR) is 112 cm³/mol. The SMILES string of the molecule is C=C[C@H](CCC(=O)O)[C@H]1CC[C@H]2[C@@H]3CCC4C[C@H](O)CC[C@]4(C)C3CC[C@]12C. The molecule has 4 saturated carbocycles. The van der Waals surface area contributed by atoms with Crippen LogP contribution in [0.1, 0.15) is 84.5 Å². The third-order valence-electron chi connectivity index (χ3n) is 10.2. The van der Waals surface area contributed by atoms with Crippen LogP contribution in [0.2, 0.25) is 0 Å². The van der Waals surface area contributed by atoms with Gasteiger partial charge in [0.15, 0.2) is 0 Å². The molecule has 2 N–H and O–H groups in total. The van der Waals surface area contributed by atoms with Crippen molar-refractivity contribution in [3.8, 4) is 0 Å². The van der Waals surface area contributed by atoms with E-state index >= 15 is 0 Å². The van der Waals surface area contributed by atoms with Crippen molar-refractivity contribution in [2.75, 3.05) is 0 Å². The number of allylic oxidation sites excluding steroid dienone is 1. The lowest BCUT2D eigenvalue weighted by molar-refractivity contribution is -0.138. The molecule has 0 amide bonds. The van der Waals surface area contributed by atoms with Gasteiger partial charge in [0.05, 0.1) is 6.10 Å². The van der Waals surface area contributed by atoms with Gasteiger partial charge >= 0.3 is 5.97 Å². The number of aliphatic hydroxyl groups is 1. The third-order valence-corrected chi connectivity index (χ3v) is 10.2. The van der Waals surface area contributed by atoms with Crippen LogP contribution in [0.3, 0.4) is 0 Å². The number of hydrogen-bond acceptors (Lipinski definition) is 2. The van der Waals surface area contributed by atoms with E-state index in [1.807, 2.05) is 0 Å². The molecule has 0 aliphatic heterocycles. The molecule has 4 aliphatic carbocycles. The van der Waals surface area contributed by atoms with Gasteiger partial charge in [0, 0.05) is 6.42 Å². The molecule has 0 saturated heterocycles. The highest BCUT2D eigenvalue weighted by Gasteiger charge is 2.60. The number of carbonyl (C=O) groups is 1. The molecule has 0 heterocycles. The number of aliphatic carboxylic acids is 1. The van der Waals surface area contributed by atoms with Crippen LogP contribution in [0.25, 0.3) is 0 Å². The summed E-state index contributed by atoms with van der Waals surface area (Å²) in [7, 11) is 0. The molecule has 3 nitrogen and oxygen atoms in total. The zero-order chi connectivity index (χ0) is 20.1. The molecule has 0 bridgehead atoms. The van der Waals surface area contributed by atoms with Crippen LogP contribution in [0.15, 0.2) is 12.7 Å². The van der Waals surface area contributed by atoms with Crippen molar-refractivity contribution in [2.45, 2.75) is 90.6 Å². The summed E-state index contributed by atoms with van der Waals surface area (Å²) in [6.07, 6.45) is 14.1. The fourth-order valence-electron chi connectivity index (χ4n) is 8.75. The number of carboxylic acid groups (broad SMARTS) is 1. The molecule has 158 valence electrons. The average molecular weight is 389 g/mol. The summed E-state index contributed by atoms with van der Waals surface area (Å²) in [5, 5.41) is 19.4. The van der Waals surface area contributed by atoms with Crippen LogP contribution in [0.4, 0.5) is 0 Å². The van der Waals surface area contributed by atoms with Crippen molar-refractivity contribution in [3.63, 3.8) is 0 Å². The molecule has 28 heavy (non-hydrogen) atoms. The van der Waals surface area contributed by atoms with Crippen LogP contribution in [-0.2, 0) is 4.79 Å². The molecule has 3 heteroatoms. The Bertz CT molecular complexity index is 615. The van der Waals surface area contributed by atoms with Crippen molar-refractivity contribution in [1.29, 1.82) is 0 Å². The van der Waals surface area contributed by atoms with Gasteiger partial charge in [0.2, 0.25) is 0 Å². The zero-order valence-corrected chi connectivity index (χ0v) is 17.9. The highest BCUT2D eigenvalue weighted by atomic mass is 16.4. The van der Waals surface area contributed by atoms with Gasteiger partial charge in [-0.1, -0.05) is 19.9 Å². The minimum atomic E-state index is -0.680. The smallest absolute Gasteiger partial charge is 0.303 e. The normalized spacial score (nSPS) is 48.8. The topological polar surface area (TPSA) is 57.5 Å². The van der Waals surface area contributed by atoms with E-state index in [4.69, 9.17) is 5.11 Å². The second kappa shape index (κ2) is 7.45. The van der Waals surface area contributed by atoms with Gasteiger partial charge in [-0.05, 0) is 111 Å². The summed E-state index contributed by atoms with van der Waals surface area (Å²) in [4.78, 5) is 11.1. The summed E-state index contributed by atoms with van der Waals surface area (Å²) in [6, 6.07) is 0. The summed E-state index contributed by atoms with van der Waals surface area (Å²) in [6.45, 7) is 9.17. The van der Waals surface area contributed by atoms with E-state index in [2.05, 4.69) is 26.5 Å². The first-order valence-electron chi connectivity index (χ1n) is 11.8. The summed E-state index contributed by atoms with van der Waals surface area (Å²) < 4.78 is 0. The fraction of sp³-hybridized carbons (Fsp3) is 0.880. The van der Waals surface area contributed by atoms with Crippen molar-refractivity contribution in [1.82, 2.24) is 0 Å². The molecule has 9 atom stereocenters. The predicted octanol–water partition coefficient (Wildman–Crippen LogP) is 5.67. The maximum atomic E-state index is 11.1. The molecule has 4 fully saturated rings. The maximum Gasteiger partial charge on any atom is 0.303 e. The van der Waals surface area contributed by atoms with Crippen LogP contribution < -0.4 is 0 Å². The van der Waals surface area contributed by atoms with Gasteiger partial charge in [-0.15, -0.1) is 6.58 Å². The number of carboxylic acids is 1. The summed E-state index contributed by atoms with van der Waals surface area (Å²) >= 11 is 0. The lowest BCUT2D eigenvalue weighted by Gasteiger charge is -2.61. The Morgan fingerprint density at radius 3 is 2.50 bits per heavy atom. The second-order valence-corrected chi connectivity index (χ2v) is 11.1. The van der Waals surface area contributed by atoms with Crippen LogP contribution in [0.5, 0.6) is 0 Å². The standard InChI is InChI=1S/C25H40O3/c1-4-16(5-10-23(27)28)20-8-9-21-19-7-6-17-15-18(26)11-13-24(17,2)22(19)12-14-25(20,21)3/h4,16-22,26H,1,5-15H2,2-3H3,(H,27,28)/t16-,17?,18-,19+,20-,21+,22?,24+,25-/m1/s1. The fourth-order valence-corrected chi connectivity index (χ4v) is 8.75. The van der Waals surface area contributed by atoms with Gasteiger partial charge in [-0.2, -0.15) is 0 Å². The first-order valence-corrected chi connectivity index (χ1v) is 11.8. The summed E-state index contributed by atoms with van der Waals surface area (Å²) in [5.41, 5.74) is 0.790. The minimum absolute atomic E-state index is 0.0677. The Balaban J connectivity index is 1.53. The van der Waals surface area contributed by atoms with E-state index < -0.39 is 5.97 Å². The molecule has 4 aliphatic rings. The van der Waals surface area contributed by atoms with E-state index in [1.54, 1.807) is 0 Å². The number of fused-ring (bicyclic) bond motifs is 5. The minimum Gasteiger partial charge on any atom is -0.481 e. The Labute approximate surface area is 171 Å². The lowest BCUT2D eigenvalue weighted by atomic mass is 9.44. The third kappa shape index (κ3) is 3.16. The summed E-state index contributed by atoms with van der Waals surface area (Å²) in [5.74, 6) is 3.46. The Kier molecular flexibility index (Phi) is 5.44. The quantitative estimate of drug-likeness (QED) is 0.596. The second-order valence-electron chi connectivity index (χ2n) is 11.1. The van der Waals surface area contributed by atoms with Gasteiger partial charge in [-0.25, -0.2) is 0 Å². The highest BCUT2D eigenvalue weighted by Crippen LogP contribution is 2.68. The monoisotopic (exact) mass is 388 g/mol. The molecule has 0 aromatic rings. The molecule has 2 unspecified atom stereocenters.